The second-order valence-corrected chi connectivity index (χ2v) is 4.05. The third-order valence-corrected chi connectivity index (χ3v) is 2.83. The van der Waals surface area contributed by atoms with Crippen LogP contribution in [0.5, 0.6) is 0 Å². The summed E-state index contributed by atoms with van der Waals surface area (Å²) in [6.07, 6.45) is 9.00. The van der Waals surface area contributed by atoms with Crippen molar-refractivity contribution in [3.05, 3.63) is 0 Å². The van der Waals surface area contributed by atoms with Gasteiger partial charge < -0.3 is 0 Å². The van der Waals surface area contributed by atoms with E-state index in [0.717, 1.165) is 0 Å². The van der Waals surface area contributed by atoms with Crippen LogP contribution < -0.4 is 0 Å². The maximum atomic E-state index is 5.26. The predicted molar refractivity (Wildman–Crippen MR) is 54.8 cm³/mol. The zero-order chi connectivity index (χ0) is 8.53. The molecule has 0 aromatic rings. The molecule has 0 saturated carbocycles. The van der Waals surface area contributed by atoms with E-state index in [9.17, 15) is 0 Å². The average molecular weight is 170 g/mol. The van der Waals surface area contributed by atoms with Crippen LogP contribution in [0.3, 0.4) is 0 Å². The smallest absolute Gasteiger partial charge is 0.0172 e. The summed E-state index contributed by atoms with van der Waals surface area (Å²) < 4.78 is 0. The van der Waals surface area contributed by atoms with E-state index in [1.54, 1.807) is 0 Å². The Morgan fingerprint density at radius 3 is 2.73 bits per heavy atom. The van der Waals surface area contributed by atoms with Crippen molar-refractivity contribution in [3.8, 4) is 12.3 Å². The molecule has 0 nitrogen and oxygen atoms in total. The van der Waals surface area contributed by atoms with Crippen LogP contribution >= 0.6 is 11.8 Å². The topological polar surface area (TPSA) is 0 Å². The van der Waals surface area contributed by atoms with Crippen LogP contribution in [0, 0.1) is 18.3 Å². The van der Waals surface area contributed by atoms with Crippen molar-refractivity contribution >= 4 is 11.8 Å². The van der Waals surface area contributed by atoms with Crippen LogP contribution in [0.1, 0.15) is 33.1 Å². The Hall–Kier alpha value is -0.0900. The summed E-state index contributed by atoms with van der Waals surface area (Å²) in [7, 11) is 0. The quantitative estimate of drug-likeness (QED) is 0.436. The Kier molecular flexibility index (Phi) is 7.95. The van der Waals surface area contributed by atoms with Gasteiger partial charge in [-0.2, -0.15) is 11.8 Å². The summed E-state index contributed by atoms with van der Waals surface area (Å²) in [6.45, 7) is 4.33. The average Bonchev–Trinajstić information content (AvgIpc) is 2.04. The molecule has 0 radical (unpaired) electrons. The maximum Gasteiger partial charge on any atom is 0.0172 e. The van der Waals surface area contributed by atoms with Crippen molar-refractivity contribution in [2.24, 2.45) is 5.92 Å². The highest BCUT2D eigenvalue weighted by molar-refractivity contribution is 7.99. The van der Waals surface area contributed by atoms with Crippen LogP contribution in [0.25, 0.3) is 0 Å². The lowest BCUT2D eigenvalue weighted by Gasteiger charge is -2.02. The van der Waals surface area contributed by atoms with Gasteiger partial charge in [-0.1, -0.05) is 13.8 Å². The molecule has 0 N–H and O–H groups in total. The SMILES string of the molecule is C#CC(C)CCCSCCC. The fraction of sp³-hybridized carbons (Fsp3) is 0.800. The molecule has 0 fully saturated rings. The summed E-state index contributed by atoms with van der Waals surface area (Å²) in [5.41, 5.74) is 0. The van der Waals surface area contributed by atoms with Crippen molar-refractivity contribution in [2.45, 2.75) is 33.1 Å². The predicted octanol–water partition coefficient (Wildman–Crippen LogP) is 3.18. The first-order valence-electron chi connectivity index (χ1n) is 4.35. The molecular weight excluding hydrogens is 152 g/mol. The lowest BCUT2D eigenvalue weighted by atomic mass is 10.1. The second kappa shape index (κ2) is 8.01. The standard InChI is InChI=1S/C10H18S/c1-4-8-11-9-6-7-10(3)5-2/h2,10H,4,6-9H2,1,3H3. The minimum absolute atomic E-state index is 0.470. The number of terminal acetylenes is 1. The van der Waals surface area contributed by atoms with Gasteiger partial charge in [-0.3, -0.25) is 0 Å². The van der Waals surface area contributed by atoms with Crippen molar-refractivity contribution in [2.75, 3.05) is 11.5 Å². The normalized spacial score (nSPS) is 12.5. The molecule has 0 aliphatic heterocycles. The molecule has 64 valence electrons. The van der Waals surface area contributed by atoms with E-state index < -0.39 is 0 Å². The molecule has 1 unspecified atom stereocenters. The third kappa shape index (κ3) is 7.81. The van der Waals surface area contributed by atoms with E-state index in [1.165, 1.54) is 30.8 Å². The van der Waals surface area contributed by atoms with Crippen LogP contribution in [0.4, 0.5) is 0 Å². The molecule has 0 aliphatic carbocycles. The van der Waals surface area contributed by atoms with Gasteiger partial charge in [-0.15, -0.1) is 12.3 Å². The summed E-state index contributed by atoms with van der Waals surface area (Å²) in [5.74, 6) is 5.79. The van der Waals surface area contributed by atoms with Crippen molar-refractivity contribution in [3.63, 3.8) is 0 Å². The summed E-state index contributed by atoms with van der Waals surface area (Å²) >= 11 is 2.04. The Morgan fingerprint density at radius 2 is 2.18 bits per heavy atom. The molecule has 0 rings (SSSR count). The van der Waals surface area contributed by atoms with Gasteiger partial charge in [0.05, 0.1) is 0 Å². The zero-order valence-corrected chi connectivity index (χ0v) is 8.41. The highest BCUT2D eigenvalue weighted by Gasteiger charge is 1.95. The van der Waals surface area contributed by atoms with E-state index in [2.05, 4.69) is 19.8 Å². The van der Waals surface area contributed by atoms with Gasteiger partial charge in [0, 0.05) is 5.92 Å². The molecule has 0 aliphatic rings. The van der Waals surface area contributed by atoms with E-state index in [-0.39, 0.29) is 0 Å². The van der Waals surface area contributed by atoms with Crippen molar-refractivity contribution in [1.29, 1.82) is 0 Å². The number of hydrogen-bond acceptors (Lipinski definition) is 1. The molecule has 0 saturated heterocycles. The number of rotatable bonds is 6. The Morgan fingerprint density at radius 1 is 1.45 bits per heavy atom. The molecule has 0 amide bonds. The van der Waals surface area contributed by atoms with Gasteiger partial charge in [-0.25, -0.2) is 0 Å². The van der Waals surface area contributed by atoms with Gasteiger partial charge >= 0.3 is 0 Å². The van der Waals surface area contributed by atoms with Crippen LogP contribution in [-0.4, -0.2) is 11.5 Å². The van der Waals surface area contributed by atoms with Crippen molar-refractivity contribution in [1.82, 2.24) is 0 Å². The first-order chi connectivity index (χ1) is 5.31. The molecule has 0 heterocycles. The van der Waals surface area contributed by atoms with Crippen LogP contribution in [0.15, 0.2) is 0 Å². The minimum atomic E-state index is 0.470. The summed E-state index contributed by atoms with van der Waals surface area (Å²) in [4.78, 5) is 0. The Labute approximate surface area is 75.1 Å². The molecule has 0 bridgehead atoms. The largest absolute Gasteiger partial charge is 0.162 e. The molecule has 0 aromatic heterocycles. The third-order valence-electron chi connectivity index (χ3n) is 1.56. The Balaban J connectivity index is 2.97. The van der Waals surface area contributed by atoms with E-state index in [0.29, 0.717) is 5.92 Å². The highest BCUT2D eigenvalue weighted by Crippen LogP contribution is 2.09. The van der Waals surface area contributed by atoms with Gasteiger partial charge in [0.1, 0.15) is 0 Å². The number of hydrogen-bond donors (Lipinski definition) is 0. The van der Waals surface area contributed by atoms with Gasteiger partial charge in [0.15, 0.2) is 0 Å². The molecule has 11 heavy (non-hydrogen) atoms. The molecular formula is C10H18S. The molecule has 0 spiro atoms. The fourth-order valence-corrected chi connectivity index (χ4v) is 1.68. The van der Waals surface area contributed by atoms with Crippen LogP contribution in [-0.2, 0) is 0 Å². The first kappa shape index (κ1) is 10.9. The Bertz CT molecular complexity index is 113. The zero-order valence-electron chi connectivity index (χ0n) is 7.60. The second-order valence-electron chi connectivity index (χ2n) is 2.82. The molecule has 0 aromatic carbocycles. The van der Waals surface area contributed by atoms with Gasteiger partial charge in [-0.05, 0) is 30.8 Å². The van der Waals surface area contributed by atoms with E-state index >= 15 is 0 Å². The number of thioether (sulfide) groups is 1. The fourth-order valence-electron chi connectivity index (χ4n) is 0.821. The minimum Gasteiger partial charge on any atom is -0.162 e. The molecule has 1 atom stereocenters. The monoisotopic (exact) mass is 170 g/mol. The van der Waals surface area contributed by atoms with Crippen LogP contribution in [0.2, 0.25) is 0 Å². The van der Waals surface area contributed by atoms with Crippen molar-refractivity contribution < 1.29 is 0 Å². The lowest BCUT2D eigenvalue weighted by molar-refractivity contribution is 0.658. The maximum absolute atomic E-state index is 5.26. The molecule has 1 heteroatoms. The van der Waals surface area contributed by atoms with E-state index in [4.69, 9.17) is 6.42 Å². The van der Waals surface area contributed by atoms with Gasteiger partial charge in [0.25, 0.3) is 0 Å². The summed E-state index contributed by atoms with van der Waals surface area (Å²) in [6, 6.07) is 0. The van der Waals surface area contributed by atoms with E-state index in [1.807, 2.05) is 11.8 Å². The highest BCUT2D eigenvalue weighted by atomic mass is 32.2. The summed E-state index contributed by atoms with van der Waals surface area (Å²) in [5, 5.41) is 0. The van der Waals surface area contributed by atoms with Gasteiger partial charge in [0.2, 0.25) is 0 Å². The first-order valence-corrected chi connectivity index (χ1v) is 5.50. The lowest BCUT2D eigenvalue weighted by Crippen LogP contribution is -1.91.